The van der Waals surface area contributed by atoms with Crippen LogP contribution >= 0.6 is 0 Å². The molecule has 0 radical (unpaired) electrons. The number of benzene rings is 5. The summed E-state index contributed by atoms with van der Waals surface area (Å²) in [5.41, 5.74) is 2.99. The summed E-state index contributed by atoms with van der Waals surface area (Å²) in [5.74, 6) is -0.472. The lowest BCUT2D eigenvalue weighted by Gasteiger charge is -2.45. The zero-order valence-corrected chi connectivity index (χ0v) is 30.1. The molecule has 0 bridgehead atoms. The number of aromatic nitrogens is 2. The van der Waals surface area contributed by atoms with Crippen LogP contribution in [0, 0.1) is 0 Å². The topological polar surface area (TPSA) is 125 Å². The van der Waals surface area contributed by atoms with E-state index in [2.05, 4.69) is 70.9 Å². The molecule has 0 saturated carbocycles. The number of carboxylic acid groups (broad SMARTS) is 1. The van der Waals surface area contributed by atoms with Gasteiger partial charge >= 0.3 is 5.97 Å². The third kappa shape index (κ3) is 6.27. The number of imidazole rings is 1. The number of aryl methyl sites for hydroxylation is 1. The van der Waals surface area contributed by atoms with Gasteiger partial charge in [-0.15, -0.1) is 10.2 Å². The van der Waals surface area contributed by atoms with Gasteiger partial charge in [0.15, 0.2) is 5.69 Å². The number of nitrogens with zero attached hydrogens (tertiary/aromatic N) is 6. The molecule has 2 heterocycles. The highest BCUT2D eigenvalue weighted by Gasteiger charge is 2.60. The first-order chi connectivity index (χ1) is 25.7. The van der Waals surface area contributed by atoms with Crippen LogP contribution in [0.15, 0.2) is 160 Å². The first-order valence-electron chi connectivity index (χ1n) is 18.0. The number of aliphatic hydroxyl groups is 1. The van der Waals surface area contributed by atoms with Crippen LogP contribution in [0.25, 0.3) is 11.1 Å². The van der Waals surface area contributed by atoms with E-state index in [0.29, 0.717) is 12.2 Å². The molecular weight excluding hydrogens is 661 g/mol. The SMILES string of the molecule is CCCCc1nc(C(C)(C)O)c(C(=O)O)n1Cc1ccc(-c2ccccc2C2(C(c3ccccc3)(c3ccccc3)c3ccccc3)N=NN=N2)cc1. The average Bonchev–Trinajstić information content (AvgIpc) is 3.83. The molecule has 9 heteroatoms. The summed E-state index contributed by atoms with van der Waals surface area (Å²) in [6, 6.07) is 47.1. The molecule has 0 spiro atoms. The largest absolute Gasteiger partial charge is 0.477 e. The summed E-state index contributed by atoms with van der Waals surface area (Å²) in [7, 11) is 0. The van der Waals surface area contributed by atoms with Crippen LogP contribution in [0.5, 0.6) is 0 Å². The van der Waals surface area contributed by atoms with Crippen LogP contribution in [-0.2, 0) is 29.6 Å². The quantitative estimate of drug-likeness (QED) is 0.116. The van der Waals surface area contributed by atoms with Gasteiger partial charge in [0.1, 0.15) is 17.1 Å². The first-order valence-corrected chi connectivity index (χ1v) is 18.0. The third-order valence-electron chi connectivity index (χ3n) is 10.1. The van der Waals surface area contributed by atoms with Crippen molar-refractivity contribution in [2.75, 3.05) is 0 Å². The summed E-state index contributed by atoms with van der Waals surface area (Å²) in [6.45, 7) is 5.51. The van der Waals surface area contributed by atoms with Crippen molar-refractivity contribution < 1.29 is 15.0 Å². The van der Waals surface area contributed by atoms with Crippen molar-refractivity contribution in [2.45, 2.75) is 63.3 Å². The smallest absolute Gasteiger partial charge is 0.354 e. The van der Waals surface area contributed by atoms with E-state index in [1.54, 1.807) is 18.4 Å². The zero-order chi connectivity index (χ0) is 37.1. The predicted octanol–water partition coefficient (Wildman–Crippen LogP) is 9.89. The number of unbranched alkanes of at least 4 members (excludes halogenated alkanes) is 1. The van der Waals surface area contributed by atoms with Gasteiger partial charge in [0.25, 0.3) is 0 Å². The van der Waals surface area contributed by atoms with Gasteiger partial charge in [-0.2, -0.15) is 0 Å². The fourth-order valence-corrected chi connectivity index (χ4v) is 7.67. The van der Waals surface area contributed by atoms with E-state index in [4.69, 9.17) is 10.2 Å². The van der Waals surface area contributed by atoms with Gasteiger partial charge in [-0.1, -0.05) is 153 Å². The first kappa shape index (κ1) is 35.3. The second-order valence-corrected chi connectivity index (χ2v) is 13.9. The highest BCUT2D eigenvalue weighted by Crippen LogP contribution is 2.58. The van der Waals surface area contributed by atoms with Gasteiger partial charge in [0, 0.05) is 18.5 Å². The van der Waals surface area contributed by atoms with Crippen molar-refractivity contribution >= 4 is 5.97 Å². The molecule has 1 aliphatic rings. The normalized spacial score (nSPS) is 13.7. The number of hydrogen-bond acceptors (Lipinski definition) is 7. The molecule has 1 aliphatic heterocycles. The minimum Gasteiger partial charge on any atom is -0.477 e. The highest BCUT2D eigenvalue weighted by atomic mass is 16.4. The van der Waals surface area contributed by atoms with E-state index >= 15 is 0 Å². The Bertz CT molecular complexity index is 2150. The summed E-state index contributed by atoms with van der Waals surface area (Å²) < 4.78 is 1.73. The number of hydrogen-bond donors (Lipinski definition) is 2. The minimum atomic E-state index is -1.41. The monoisotopic (exact) mass is 702 g/mol. The number of rotatable bonds is 13. The fourth-order valence-electron chi connectivity index (χ4n) is 7.67. The van der Waals surface area contributed by atoms with E-state index in [1.807, 2.05) is 91.0 Å². The lowest BCUT2D eigenvalue weighted by atomic mass is 9.59. The number of aromatic carboxylic acids is 1. The van der Waals surface area contributed by atoms with E-state index in [9.17, 15) is 15.0 Å². The maximum absolute atomic E-state index is 12.6. The summed E-state index contributed by atoms with van der Waals surface area (Å²) in [5, 5.41) is 39.6. The lowest BCUT2D eigenvalue weighted by Crippen LogP contribution is -2.48. The van der Waals surface area contributed by atoms with Gasteiger partial charge in [0.05, 0.1) is 5.41 Å². The Hall–Kier alpha value is -6.06. The third-order valence-corrected chi connectivity index (χ3v) is 10.1. The molecule has 0 unspecified atom stereocenters. The molecule has 0 fully saturated rings. The van der Waals surface area contributed by atoms with Crippen LogP contribution in [0.1, 0.15) is 83.4 Å². The summed E-state index contributed by atoms with van der Waals surface area (Å²) in [6.07, 6.45) is 2.39. The molecule has 6 aromatic rings. The Morgan fingerprint density at radius 2 is 1.23 bits per heavy atom. The van der Waals surface area contributed by atoms with Crippen LogP contribution in [0.4, 0.5) is 0 Å². The maximum Gasteiger partial charge on any atom is 0.354 e. The average molecular weight is 703 g/mol. The van der Waals surface area contributed by atoms with Crippen molar-refractivity contribution in [1.29, 1.82) is 0 Å². The Kier molecular flexibility index (Phi) is 9.68. The molecule has 0 atom stereocenters. The molecule has 1 aromatic heterocycles. The number of carbonyl (C=O) groups is 1. The molecule has 53 heavy (non-hydrogen) atoms. The molecule has 0 aliphatic carbocycles. The van der Waals surface area contributed by atoms with Crippen molar-refractivity contribution in [3.8, 4) is 11.1 Å². The fraction of sp³-hybridized carbons (Fsp3) is 0.227. The zero-order valence-electron chi connectivity index (χ0n) is 30.1. The summed E-state index contributed by atoms with van der Waals surface area (Å²) >= 11 is 0. The molecule has 0 saturated heterocycles. The standard InChI is InChI=1S/C44H42N6O3/c1-4-5-25-38-45-40(42(2,3)53)39(41(51)52)50(38)30-31-26-28-32(29-27-31)36-23-15-16-24-37(36)44(46-48-49-47-44)43(33-17-9-6-10-18-33,34-19-11-7-12-20-34)35-21-13-8-14-22-35/h6-24,26-29,53H,4-5,25,30H2,1-3H3,(H,51,52). The molecule has 266 valence electrons. The van der Waals surface area contributed by atoms with Gasteiger partial charge in [-0.25, -0.2) is 9.78 Å². The lowest BCUT2D eigenvalue weighted by molar-refractivity contribution is 0.0602. The van der Waals surface area contributed by atoms with Gasteiger partial charge in [-0.05, 0) is 64.1 Å². The van der Waals surface area contributed by atoms with Crippen LogP contribution in [0.2, 0.25) is 0 Å². The van der Waals surface area contributed by atoms with E-state index in [1.165, 1.54) is 0 Å². The maximum atomic E-state index is 12.6. The molecule has 0 amide bonds. The Labute approximate surface area is 309 Å². The Morgan fingerprint density at radius 3 is 1.72 bits per heavy atom. The van der Waals surface area contributed by atoms with E-state index in [-0.39, 0.29) is 17.9 Å². The Balaban J connectivity index is 1.38. The summed E-state index contributed by atoms with van der Waals surface area (Å²) in [4.78, 5) is 17.2. The molecule has 7 rings (SSSR count). The van der Waals surface area contributed by atoms with Crippen molar-refractivity contribution in [2.24, 2.45) is 20.7 Å². The molecule has 2 N–H and O–H groups in total. The molecular formula is C44H42N6O3. The van der Waals surface area contributed by atoms with Gasteiger partial charge in [0.2, 0.25) is 5.66 Å². The van der Waals surface area contributed by atoms with E-state index in [0.717, 1.165) is 51.8 Å². The Morgan fingerprint density at radius 1 is 0.717 bits per heavy atom. The van der Waals surface area contributed by atoms with Crippen molar-refractivity contribution in [3.63, 3.8) is 0 Å². The van der Waals surface area contributed by atoms with Crippen LogP contribution in [-0.4, -0.2) is 25.7 Å². The van der Waals surface area contributed by atoms with Gasteiger partial charge < -0.3 is 14.8 Å². The minimum absolute atomic E-state index is 0.0102. The predicted molar refractivity (Wildman–Crippen MR) is 205 cm³/mol. The van der Waals surface area contributed by atoms with Crippen LogP contribution in [0.3, 0.4) is 0 Å². The highest BCUT2D eigenvalue weighted by molar-refractivity contribution is 5.87. The molecule has 9 nitrogen and oxygen atoms in total. The molecule has 5 aromatic carbocycles. The van der Waals surface area contributed by atoms with Crippen molar-refractivity contribution in [3.05, 3.63) is 185 Å². The second-order valence-electron chi connectivity index (χ2n) is 13.9. The van der Waals surface area contributed by atoms with Gasteiger partial charge in [-0.3, -0.25) is 0 Å². The number of carboxylic acids is 1. The van der Waals surface area contributed by atoms with E-state index < -0.39 is 22.6 Å². The van der Waals surface area contributed by atoms with Crippen molar-refractivity contribution in [1.82, 2.24) is 9.55 Å². The second kappa shape index (κ2) is 14.5. The van der Waals surface area contributed by atoms with Crippen LogP contribution < -0.4 is 0 Å².